The van der Waals surface area contributed by atoms with E-state index < -0.39 is 0 Å². The summed E-state index contributed by atoms with van der Waals surface area (Å²) >= 11 is 0. The van der Waals surface area contributed by atoms with Crippen LogP contribution >= 0.6 is 0 Å². The van der Waals surface area contributed by atoms with E-state index in [9.17, 15) is 0 Å². The lowest BCUT2D eigenvalue weighted by Crippen LogP contribution is -2.18. The minimum absolute atomic E-state index is 0.0860. The summed E-state index contributed by atoms with van der Waals surface area (Å²) in [4.78, 5) is 0. The Kier molecular flexibility index (Phi) is 5.41. The van der Waals surface area contributed by atoms with E-state index in [1.54, 1.807) is 0 Å². The molecule has 3 unspecified atom stereocenters. The fraction of sp³-hybridized carbons (Fsp3) is 0.833. The number of anilines is 1. The van der Waals surface area contributed by atoms with Crippen LogP contribution in [0.5, 0.6) is 0 Å². The number of hydrogen-bond donors (Lipinski definition) is 2. The zero-order valence-corrected chi connectivity index (χ0v) is 11.4. The summed E-state index contributed by atoms with van der Waals surface area (Å²) in [6.07, 6.45) is 2.30. The Hall–Kier alpha value is -1.10. The van der Waals surface area contributed by atoms with E-state index in [-0.39, 0.29) is 6.04 Å². The van der Waals surface area contributed by atoms with E-state index in [2.05, 4.69) is 41.6 Å². The van der Waals surface area contributed by atoms with Crippen LogP contribution in [0.15, 0.2) is 4.42 Å². The van der Waals surface area contributed by atoms with E-state index in [1.807, 2.05) is 14.0 Å². The number of aromatic nitrogens is 2. The number of nitrogens with zero attached hydrogens (tertiary/aromatic N) is 2. The molecular formula is C12H24N4O. The van der Waals surface area contributed by atoms with Gasteiger partial charge in [0, 0.05) is 6.04 Å². The number of rotatable bonds is 7. The predicted molar refractivity (Wildman–Crippen MR) is 68.9 cm³/mol. The molecule has 17 heavy (non-hydrogen) atoms. The monoisotopic (exact) mass is 240 g/mol. The van der Waals surface area contributed by atoms with Crippen molar-refractivity contribution in [2.24, 2.45) is 5.92 Å². The maximum Gasteiger partial charge on any atom is 0.315 e. The summed E-state index contributed by atoms with van der Waals surface area (Å²) in [5.74, 6) is 1.32. The van der Waals surface area contributed by atoms with E-state index in [0.717, 1.165) is 6.42 Å². The number of hydrogen-bond acceptors (Lipinski definition) is 5. The molecule has 0 aromatic carbocycles. The quantitative estimate of drug-likeness (QED) is 0.767. The first-order valence-corrected chi connectivity index (χ1v) is 6.34. The summed E-state index contributed by atoms with van der Waals surface area (Å²) in [6, 6.07) is 0.948. The zero-order chi connectivity index (χ0) is 12.8. The first-order valence-electron chi connectivity index (χ1n) is 6.34. The van der Waals surface area contributed by atoms with Crippen LogP contribution in [0.4, 0.5) is 6.01 Å². The largest absolute Gasteiger partial charge is 0.406 e. The van der Waals surface area contributed by atoms with Gasteiger partial charge in [0.25, 0.3) is 0 Å². The van der Waals surface area contributed by atoms with E-state index in [0.29, 0.717) is 23.9 Å². The molecule has 0 aliphatic heterocycles. The Balaban J connectivity index is 2.48. The molecule has 0 aliphatic rings. The summed E-state index contributed by atoms with van der Waals surface area (Å²) in [7, 11) is 1.87. The Morgan fingerprint density at radius 2 is 1.94 bits per heavy atom. The number of nitrogens with one attached hydrogen (secondary N) is 2. The van der Waals surface area contributed by atoms with Gasteiger partial charge < -0.3 is 15.1 Å². The molecule has 0 radical (unpaired) electrons. The van der Waals surface area contributed by atoms with Gasteiger partial charge in [-0.25, -0.2) is 0 Å². The highest BCUT2D eigenvalue weighted by Crippen LogP contribution is 2.16. The van der Waals surface area contributed by atoms with Crippen molar-refractivity contribution in [2.75, 3.05) is 12.4 Å². The Labute approximate surface area is 103 Å². The molecule has 0 aliphatic carbocycles. The van der Waals surface area contributed by atoms with Gasteiger partial charge in [0.15, 0.2) is 0 Å². The van der Waals surface area contributed by atoms with Crippen molar-refractivity contribution in [3.05, 3.63) is 5.89 Å². The normalized spacial score (nSPS) is 16.5. The third kappa shape index (κ3) is 4.34. The van der Waals surface area contributed by atoms with Gasteiger partial charge in [0.05, 0.1) is 6.04 Å². The summed E-state index contributed by atoms with van der Waals surface area (Å²) in [5.41, 5.74) is 0. The van der Waals surface area contributed by atoms with Crippen LogP contribution in [0.25, 0.3) is 0 Å². The molecule has 0 saturated heterocycles. The fourth-order valence-corrected chi connectivity index (χ4v) is 1.63. The van der Waals surface area contributed by atoms with Gasteiger partial charge in [-0.3, -0.25) is 0 Å². The van der Waals surface area contributed by atoms with Crippen LogP contribution in [0.2, 0.25) is 0 Å². The minimum Gasteiger partial charge on any atom is -0.406 e. The lowest BCUT2D eigenvalue weighted by atomic mass is 10.0. The van der Waals surface area contributed by atoms with Crippen LogP contribution in [0.1, 0.15) is 52.5 Å². The van der Waals surface area contributed by atoms with E-state index in [1.165, 1.54) is 6.42 Å². The summed E-state index contributed by atoms with van der Waals surface area (Å²) < 4.78 is 5.53. The highest BCUT2D eigenvalue weighted by molar-refractivity contribution is 5.19. The standard InChI is InChI=1S/C12H24N4O/c1-6-8(2)7-9(3)14-12-16-15-11(17-12)10(4)13-5/h8-10,13H,6-7H2,1-5H3,(H,14,16). The fourth-order valence-electron chi connectivity index (χ4n) is 1.63. The molecule has 0 fully saturated rings. The van der Waals surface area contributed by atoms with Crippen molar-refractivity contribution >= 4 is 6.01 Å². The molecule has 1 aromatic rings. The average Bonchev–Trinajstić information content (AvgIpc) is 2.76. The SMILES string of the molecule is CCC(C)CC(C)Nc1nnc(C(C)NC)o1. The van der Waals surface area contributed by atoms with Gasteiger partial charge in [0.2, 0.25) is 5.89 Å². The van der Waals surface area contributed by atoms with Gasteiger partial charge >= 0.3 is 6.01 Å². The molecule has 0 bridgehead atoms. The predicted octanol–water partition coefficient (Wildman–Crippen LogP) is 2.59. The molecule has 2 N–H and O–H groups in total. The second-order valence-electron chi connectivity index (χ2n) is 4.75. The van der Waals surface area contributed by atoms with Crippen LogP contribution in [-0.4, -0.2) is 23.3 Å². The van der Waals surface area contributed by atoms with Gasteiger partial charge in [-0.1, -0.05) is 25.4 Å². The van der Waals surface area contributed by atoms with Crippen LogP contribution in [0, 0.1) is 5.92 Å². The topological polar surface area (TPSA) is 63.0 Å². The molecular weight excluding hydrogens is 216 g/mol. The molecule has 98 valence electrons. The molecule has 1 rings (SSSR count). The zero-order valence-electron chi connectivity index (χ0n) is 11.4. The van der Waals surface area contributed by atoms with Crippen molar-refractivity contribution in [1.82, 2.24) is 15.5 Å². The van der Waals surface area contributed by atoms with Crippen molar-refractivity contribution in [1.29, 1.82) is 0 Å². The van der Waals surface area contributed by atoms with Gasteiger partial charge in [0.1, 0.15) is 0 Å². The average molecular weight is 240 g/mol. The van der Waals surface area contributed by atoms with Gasteiger partial charge in [-0.15, -0.1) is 5.10 Å². The molecule has 1 aromatic heterocycles. The lowest BCUT2D eigenvalue weighted by molar-refractivity contribution is 0.430. The van der Waals surface area contributed by atoms with Crippen molar-refractivity contribution in [3.63, 3.8) is 0 Å². The molecule has 1 heterocycles. The maximum absolute atomic E-state index is 5.53. The van der Waals surface area contributed by atoms with Crippen LogP contribution in [-0.2, 0) is 0 Å². The van der Waals surface area contributed by atoms with E-state index in [4.69, 9.17) is 4.42 Å². The van der Waals surface area contributed by atoms with Crippen molar-refractivity contribution < 1.29 is 4.42 Å². The maximum atomic E-state index is 5.53. The Morgan fingerprint density at radius 1 is 1.24 bits per heavy atom. The van der Waals surface area contributed by atoms with Crippen molar-refractivity contribution in [2.45, 2.75) is 52.6 Å². The van der Waals surface area contributed by atoms with E-state index >= 15 is 0 Å². The summed E-state index contributed by atoms with van der Waals surface area (Å²) in [6.45, 7) is 8.58. The molecule has 5 heteroatoms. The molecule has 5 nitrogen and oxygen atoms in total. The Morgan fingerprint density at radius 3 is 2.53 bits per heavy atom. The van der Waals surface area contributed by atoms with Gasteiger partial charge in [-0.2, -0.15) is 0 Å². The molecule has 3 atom stereocenters. The smallest absolute Gasteiger partial charge is 0.315 e. The van der Waals surface area contributed by atoms with Crippen LogP contribution in [0.3, 0.4) is 0 Å². The Bertz CT molecular complexity index is 326. The van der Waals surface area contributed by atoms with Crippen LogP contribution < -0.4 is 10.6 Å². The second-order valence-corrected chi connectivity index (χ2v) is 4.75. The first kappa shape index (κ1) is 14.0. The van der Waals surface area contributed by atoms with Crippen molar-refractivity contribution in [3.8, 4) is 0 Å². The second kappa shape index (κ2) is 6.59. The third-order valence-corrected chi connectivity index (χ3v) is 3.07. The highest BCUT2D eigenvalue weighted by Gasteiger charge is 2.14. The van der Waals surface area contributed by atoms with Gasteiger partial charge in [-0.05, 0) is 33.2 Å². The minimum atomic E-state index is 0.0860. The third-order valence-electron chi connectivity index (χ3n) is 3.07. The summed E-state index contributed by atoms with van der Waals surface area (Å²) in [5, 5.41) is 14.3. The lowest BCUT2D eigenvalue weighted by Gasteiger charge is -2.15. The highest BCUT2D eigenvalue weighted by atomic mass is 16.4. The molecule has 0 saturated carbocycles. The molecule has 0 amide bonds. The first-order chi connectivity index (χ1) is 8.06. The molecule has 0 spiro atoms.